The summed E-state index contributed by atoms with van der Waals surface area (Å²) in [5, 5.41) is 5.61. The van der Waals surface area contributed by atoms with Crippen LogP contribution in [0.2, 0.25) is 0 Å². The van der Waals surface area contributed by atoms with Crippen LogP contribution in [0.15, 0.2) is 145 Å². The number of nitrogens with one attached hydrogen (secondary N) is 2. The Bertz CT molecular complexity index is 1820. The summed E-state index contributed by atoms with van der Waals surface area (Å²) in [5.41, 5.74) is 6.57. The SMILES string of the molecule is CC(C)c1ccc(/C=C/C(=O)c2ccc(NC(=O)/C(=C/c3ccc(-c4ccccc4)cc3)NC(=O)c3ccccc3)cc2)cc1. The van der Waals surface area contributed by atoms with Gasteiger partial charge in [-0.25, -0.2) is 0 Å². The van der Waals surface area contributed by atoms with Crippen molar-refractivity contribution in [3.05, 3.63) is 173 Å². The molecule has 0 aliphatic rings. The van der Waals surface area contributed by atoms with Crippen molar-refractivity contribution in [2.45, 2.75) is 19.8 Å². The lowest BCUT2D eigenvalue weighted by atomic mass is 10.0. The Kier molecular flexibility index (Phi) is 9.93. The summed E-state index contributed by atoms with van der Waals surface area (Å²) in [6, 6.07) is 41.3. The standard InChI is InChI=1S/C40H34N2O3/c1-28(2)31-18-13-29(14-19-31)17-26-38(43)34-22-24-36(25-23-34)41-40(45)37(42-39(44)35-11-7-4-8-12-35)27-30-15-20-33(21-16-30)32-9-5-3-6-10-32/h3-28H,1-2H3,(H,41,45)(H,42,44)/b26-17+,37-27-. The molecule has 0 unspecified atom stereocenters. The highest BCUT2D eigenvalue weighted by Gasteiger charge is 2.15. The predicted molar refractivity (Wildman–Crippen MR) is 183 cm³/mol. The van der Waals surface area contributed by atoms with Gasteiger partial charge in [-0.15, -0.1) is 0 Å². The summed E-state index contributed by atoms with van der Waals surface area (Å²) in [6.07, 6.45) is 4.98. The first-order valence-electron chi connectivity index (χ1n) is 14.8. The molecule has 0 aliphatic carbocycles. The molecule has 5 rings (SSSR count). The van der Waals surface area contributed by atoms with Gasteiger partial charge in [-0.3, -0.25) is 14.4 Å². The molecule has 0 spiro atoms. The Hall–Kier alpha value is -5.81. The van der Waals surface area contributed by atoms with Crippen LogP contribution in [0.1, 0.15) is 57.2 Å². The molecule has 0 atom stereocenters. The molecule has 222 valence electrons. The summed E-state index contributed by atoms with van der Waals surface area (Å²) in [6.45, 7) is 4.28. The summed E-state index contributed by atoms with van der Waals surface area (Å²) in [4.78, 5) is 39.2. The molecule has 5 aromatic carbocycles. The van der Waals surface area contributed by atoms with Crippen LogP contribution < -0.4 is 10.6 Å². The summed E-state index contributed by atoms with van der Waals surface area (Å²) >= 11 is 0. The molecule has 2 amide bonds. The third-order valence-electron chi connectivity index (χ3n) is 7.32. The van der Waals surface area contributed by atoms with Crippen molar-refractivity contribution in [3.8, 4) is 11.1 Å². The van der Waals surface area contributed by atoms with Crippen molar-refractivity contribution in [2.75, 3.05) is 5.32 Å². The van der Waals surface area contributed by atoms with E-state index in [1.165, 1.54) is 5.56 Å². The number of amides is 2. The van der Waals surface area contributed by atoms with Gasteiger partial charge in [-0.1, -0.05) is 117 Å². The quantitative estimate of drug-likeness (QED) is 0.126. The molecule has 5 heteroatoms. The van der Waals surface area contributed by atoms with Gasteiger partial charge in [0, 0.05) is 16.8 Å². The molecule has 0 radical (unpaired) electrons. The van der Waals surface area contributed by atoms with Crippen molar-refractivity contribution in [1.82, 2.24) is 5.32 Å². The second-order valence-electron chi connectivity index (χ2n) is 10.9. The fourth-order valence-electron chi connectivity index (χ4n) is 4.69. The highest BCUT2D eigenvalue weighted by atomic mass is 16.2. The lowest BCUT2D eigenvalue weighted by Gasteiger charge is -2.12. The van der Waals surface area contributed by atoms with Gasteiger partial charge < -0.3 is 10.6 Å². The number of hydrogen-bond acceptors (Lipinski definition) is 3. The van der Waals surface area contributed by atoms with E-state index >= 15 is 0 Å². The zero-order valence-corrected chi connectivity index (χ0v) is 25.2. The Balaban J connectivity index is 1.30. The van der Waals surface area contributed by atoms with Crippen LogP contribution >= 0.6 is 0 Å². The van der Waals surface area contributed by atoms with E-state index in [-0.39, 0.29) is 11.5 Å². The van der Waals surface area contributed by atoms with Gasteiger partial charge in [-0.2, -0.15) is 0 Å². The largest absolute Gasteiger partial charge is 0.321 e. The molecular weight excluding hydrogens is 556 g/mol. The zero-order valence-electron chi connectivity index (χ0n) is 25.2. The Labute approximate surface area is 264 Å². The number of rotatable bonds is 10. The Morgan fingerprint density at radius 3 is 1.80 bits per heavy atom. The van der Waals surface area contributed by atoms with Crippen molar-refractivity contribution < 1.29 is 14.4 Å². The van der Waals surface area contributed by atoms with Gasteiger partial charge in [0.05, 0.1) is 0 Å². The van der Waals surface area contributed by atoms with Crippen LogP contribution in [0.4, 0.5) is 5.69 Å². The van der Waals surface area contributed by atoms with Gasteiger partial charge in [0.15, 0.2) is 5.78 Å². The first-order chi connectivity index (χ1) is 21.9. The van der Waals surface area contributed by atoms with Crippen molar-refractivity contribution in [1.29, 1.82) is 0 Å². The van der Waals surface area contributed by atoms with E-state index in [0.29, 0.717) is 22.7 Å². The van der Waals surface area contributed by atoms with E-state index in [2.05, 4.69) is 36.6 Å². The maximum absolute atomic E-state index is 13.4. The molecule has 0 saturated heterocycles. The van der Waals surface area contributed by atoms with Gasteiger partial charge in [0.2, 0.25) is 0 Å². The molecule has 0 bridgehead atoms. The van der Waals surface area contributed by atoms with Crippen LogP contribution in [-0.2, 0) is 4.79 Å². The monoisotopic (exact) mass is 590 g/mol. The van der Waals surface area contributed by atoms with Gasteiger partial charge in [0.1, 0.15) is 5.70 Å². The van der Waals surface area contributed by atoms with Gasteiger partial charge in [0.25, 0.3) is 11.8 Å². The molecule has 0 fully saturated rings. The van der Waals surface area contributed by atoms with Crippen molar-refractivity contribution >= 4 is 35.4 Å². The van der Waals surface area contributed by atoms with Crippen LogP contribution in [0.25, 0.3) is 23.3 Å². The average Bonchev–Trinajstić information content (AvgIpc) is 3.08. The number of allylic oxidation sites excluding steroid dienone is 1. The van der Waals surface area contributed by atoms with Crippen LogP contribution in [0.5, 0.6) is 0 Å². The molecule has 0 aliphatic heterocycles. The second-order valence-corrected chi connectivity index (χ2v) is 10.9. The molecule has 5 nitrogen and oxygen atoms in total. The number of ketones is 1. The minimum absolute atomic E-state index is 0.0860. The fourth-order valence-corrected chi connectivity index (χ4v) is 4.69. The topological polar surface area (TPSA) is 75.3 Å². The minimum Gasteiger partial charge on any atom is -0.321 e. The smallest absolute Gasteiger partial charge is 0.272 e. The van der Waals surface area contributed by atoms with E-state index in [9.17, 15) is 14.4 Å². The van der Waals surface area contributed by atoms with Crippen LogP contribution in [0.3, 0.4) is 0 Å². The van der Waals surface area contributed by atoms with E-state index < -0.39 is 11.8 Å². The normalized spacial score (nSPS) is 11.4. The molecule has 45 heavy (non-hydrogen) atoms. The molecular formula is C40H34N2O3. The van der Waals surface area contributed by atoms with E-state index in [0.717, 1.165) is 22.3 Å². The third kappa shape index (κ3) is 8.39. The number of carbonyl (C=O) groups is 3. The molecule has 0 heterocycles. The molecule has 0 saturated carbocycles. The average molecular weight is 591 g/mol. The predicted octanol–water partition coefficient (Wildman–Crippen LogP) is 8.78. The number of hydrogen-bond donors (Lipinski definition) is 2. The first-order valence-corrected chi connectivity index (χ1v) is 14.8. The fraction of sp³-hybridized carbons (Fsp3) is 0.0750. The summed E-state index contributed by atoms with van der Waals surface area (Å²) in [7, 11) is 0. The zero-order chi connectivity index (χ0) is 31.6. The second kappa shape index (κ2) is 14.6. The number of carbonyl (C=O) groups excluding carboxylic acids is 3. The van der Waals surface area contributed by atoms with Crippen LogP contribution in [-0.4, -0.2) is 17.6 Å². The van der Waals surface area contributed by atoms with Gasteiger partial charge in [-0.05, 0) is 82.3 Å². The first kappa shape index (κ1) is 30.6. The third-order valence-corrected chi connectivity index (χ3v) is 7.32. The van der Waals surface area contributed by atoms with Crippen LogP contribution in [0, 0.1) is 0 Å². The maximum Gasteiger partial charge on any atom is 0.272 e. The van der Waals surface area contributed by atoms with Crippen molar-refractivity contribution in [3.63, 3.8) is 0 Å². The van der Waals surface area contributed by atoms with E-state index in [1.807, 2.05) is 72.8 Å². The highest BCUT2D eigenvalue weighted by molar-refractivity contribution is 6.11. The number of anilines is 1. The highest BCUT2D eigenvalue weighted by Crippen LogP contribution is 2.21. The van der Waals surface area contributed by atoms with E-state index in [4.69, 9.17) is 0 Å². The molecule has 0 aromatic heterocycles. The molecule has 2 N–H and O–H groups in total. The Morgan fingerprint density at radius 2 is 1.18 bits per heavy atom. The summed E-state index contributed by atoms with van der Waals surface area (Å²) in [5.74, 6) is -0.586. The summed E-state index contributed by atoms with van der Waals surface area (Å²) < 4.78 is 0. The molecule has 5 aromatic rings. The number of benzene rings is 5. The lowest BCUT2D eigenvalue weighted by Crippen LogP contribution is -2.30. The maximum atomic E-state index is 13.4. The van der Waals surface area contributed by atoms with E-state index in [1.54, 1.807) is 66.8 Å². The van der Waals surface area contributed by atoms with Gasteiger partial charge >= 0.3 is 0 Å². The minimum atomic E-state index is -0.491. The van der Waals surface area contributed by atoms with Crippen molar-refractivity contribution in [2.24, 2.45) is 0 Å². The Morgan fingerprint density at radius 1 is 0.600 bits per heavy atom. The lowest BCUT2D eigenvalue weighted by molar-refractivity contribution is -0.113.